The topological polar surface area (TPSA) is 39.1 Å². The van der Waals surface area contributed by atoms with Crippen molar-refractivity contribution < 1.29 is 4.74 Å². The molecule has 0 spiro atoms. The summed E-state index contributed by atoms with van der Waals surface area (Å²) in [7, 11) is 0. The fourth-order valence-electron chi connectivity index (χ4n) is 2.17. The zero-order chi connectivity index (χ0) is 14.5. The van der Waals surface area contributed by atoms with Gasteiger partial charge in [0.2, 0.25) is 0 Å². The minimum Gasteiger partial charge on any atom is -0.494 e. The van der Waals surface area contributed by atoms with E-state index < -0.39 is 0 Å². The molecule has 0 bridgehead atoms. The van der Waals surface area contributed by atoms with Gasteiger partial charge < -0.3 is 14.6 Å². The van der Waals surface area contributed by atoms with Crippen LogP contribution in [-0.4, -0.2) is 22.2 Å². The average molecular weight is 350 g/mol. The number of halogens is 1. The summed E-state index contributed by atoms with van der Waals surface area (Å²) in [5, 5.41) is 3.53. The summed E-state index contributed by atoms with van der Waals surface area (Å²) in [4.78, 5) is 4.03. The summed E-state index contributed by atoms with van der Waals surface area (Å²) in [6.45, 7) is 2.55. The second kappa shape index (κ2) is 7.09. The quantitative estimate of drug-likeness (QED) is 0.742. The van der Waals surface area contributed by atoms with Crippen molar-refractivity contribution >= 4 is 15.9 Å². The molecule has 4 nitrogen and oxygen atoms in total. The van der Waals surface area contributed by atoms with Crippen LogP contribution in [0.1, 0.15) is 24.8 Å². The molecule has 1 aliphatic carbocycles. The van der Waals surface area contributed by atoms with Gasteiger partial charge in [-0.25, -0.2) is 4.98 Å². The zero-order valence-electron chi connectivity index (χ0n) is 12.0. The van der Waals surface area contributed by atoms with Gasteiger partial charge in [0.05, 0.1) is 12.9 Å². The summed E-state index contributed by atoms with van der Waals surface area (Å²) in [5.41, 5.74) is 1.26. The third kappa shape index (κ3) is 4.58. The number of rotatable bonds is 8. The first-order chi connectivity index (χ1) is 10.3. The monoisotopic (exact) mass is 349 g/mol. The van der Waals surface area contributed by atoms with E-state index >= 15 is 0 Å². The highest BCUT2D eigenvalue weighted by atomic mass is 79.9. The smallest absolute Gasteiger partial charge is 0.119 e. The van der Waals surface area contributed by atoms with Crippen molar-refractivity contribution in [1.82, 2.24) is 14.9 Å². The lowest BCUT2D eigenvalue weighted by Gasteiger charge is -2.10. The summed E-state index contributed by atoms with van der Waals surface area (Å²) in [6.07, 6.45) is 9.20. The molecule has 0 atom stereocenters. The Bertz CT molecular complexity index is 567. The maximum absolute atomic E-state index is 5.84. The predicted octanol–water partition coefficient (Wildman–Crippen LogP) is 3.37. The summed E-state index contributed by atoms with van der Waals surface area (Å²) in [6, 6.07) is 6.92. The van der Waals surface area contributed by atoms with Crippen molar-refractivity contribution in [3.63, 3.8) is 0 Å². The third-order valence-corrected chi connectivity index (χ3v) is 4.34. The molecule has 0 aliphatic heterocycles. The fourth-order valence-corrected chi connectivity index (χ4v) is 2.56. The molecule has 0 unspecified atom stereocenters. The molecular weight excluding hydrogens is 330 g/mol. The molecule has 5 heteroatoms. The SMILES string of the molecule is Brc1ccc(OCCCn2ccnc2)cc1CNC1CC1. The van der Waals surface area contributed by atoms with Crippen LogP contribution in [0.25, 0.3) is 0 Å². The Morgan fingerprint density at radius 2 is 2.29 bits per heavy atom. The Hall–Kier alpha value is -1.33. The Morgan fingerprint density at radius 1 is 1.38 bits per heavy atom. The van der Waals surface area contributed by atoms with Gasteiger partial charge in [-0.1, -0.05) is 15.9 Å². The number of nitrogens with one attached hydrogen (secondary N) is 1. The molecule has 1 heterocycles. The van der Waals surface area contributed by atoms with Gasteiger partial charge in [0.1, 0.15) is 5.75 Å². The van der Waals surface area contributed by atoms with Crippen LogP contribution in [0.5, 0.6) is 5.75 Å². The van der Waals surface area contributed by atoms with Crippen LogP contribution >= 0.6 is 15.9 Å². The molecule has 0 radical (unpaired) electrons. The van der Waals surface area contributed by atoms with Crippen LogP contribution in [-0.2, 0) is 13.1 Å². The highest BCUT2D eigenvalue weighted by Crippen LogP contribution is 2.25. The molecule has 1 aliphatic rings. The highest BCUT2D eigenvalue weighted by molar-refractivity contribution is 9.10. The third-order valence-electron chi connectivity index (χ3n) is 3.56. The van der Waals surface area contributed by atoms with Gasteiger partial charge in [0, 0.05) is 36.0 Å². The maximum atomic E-state index is 5.84. The van der Waals surface area contributed by atoms with Crippen LogP contribution in [0.3, 0.4) is 0 Å². The van der Waals surface area contributed by atoms with E-state index in [9.17, 15) is 0 Å². The molecule has 1 aromatic carbocycles. The lowest BCUT2D eigenvalue weighted by Crippen LogP contribution is -2.15. The summed E-state index contributed by atoms with van der Waals surface area (Å²) >= 11 is 3.60. The standard InChI is InChI=1S/C16H20BrN3O/c17-16-5-4-15(10-13(16)11-19-14-2-3-14)21-9-1-7-20-8-6-18-12-20/h4-6,8,10,12,14,19H,1-3,7,9,11H2. The van der Waals surface area contributed by atoms with Gasteiger partial charge in [-0.3, -0.25) is 0 Å². The Labute approximate surface area is 133 Å². The molecule has 1 saturated carbocycles. The summed E-state index contributed by atoms with van der Waals surface area (Å²) < 4.78 is 9.05. The fraction of sp³-hybridized carbons (Fsp3) is 0.438. The second-order valence-electron chi connectivity index (χ2n) is 5.41. The van der Waals surface area contributed by atoms with E-state index in [1.807, 2.05) is 18.6 Å². The highest BCUT2D eigenvalue weighted by Gasteiger charge is 2.20. The molecule has 2 aromatic rings. The van der Waals surface area contributed by atoms with E-state index in [-0.39, 0.29) is 0 Å². The normalized spacial score (nSPS) is 14.3. The predicted molar refractivity (Wildman–Crippen MR) is 86.3 cm³/mol. The first-order valence-corrected chi connectivity index (χ1v) is 8.21. The van der Waals surface area contributed by atoms with Crippen molar-refractivity contribution in [3.05, 3.63) is 47.0 Å². The number of nitrogens with zero attached hydrogens (tertiary/aromatic N) is 2. The molecule has 112 valence electrons. The number of hydrogen-bond acceptors (Lipinski definition) is 3. The van der Waals surface area contributed by atoms with Crippen LogP contribution in [0.4, 0.5) is 0 Å². The Balaban J connectivity index is 1.46. The van der Waals surface area contributed by atoms with Crippen molar-refractivity contribution in [2.24, 2.45) is 0 Å². The van der Waals surface area contributed by atoms with E-state index in [2.05, 4.69) is 42.9 Å². The van der Waals surface area contributed by atoms with Crippen molar-refractivity contribution in [3.8, 4) is 5.75 Å². The molecule has 0 saturated heterocycles. The number of imidazole rings is 1. The van der Waals surface area contributed by atoms with Crippen LogP contribution < -0.4 is 10.1 Å². The summed E-state index contributed by atoms with van der Waals surface area (Å²) in [5.74, 6) is 0.941. The van der Waals surface area contributed by atoms with E-state index in [1.54, 1.807) is 6.20 Å². The maximum Gasteiger partial charge on any atom is 0.119 e. The number of benzene rings is 1. The minimum atomic E-state index is 0.718. The number of aromatic nitrogens is 2. The van der Waals surface area contributed by atoms with E-state index in [1.165, 1.54) is 18.4 Å². The Morgan fingerprint density at radius 3 is 3.05 bits per heavy atom. The molecular formula is C16H20BrN3O. The van der Waals surface area contributed by atoms with Crippen molar-refractivity contribution in [2.45, 2.75) is 38.4 Å². The molecule has 1 N–H and O–H groups in total. The van der Waals surface area contributed by atoms with Crippen molar-refractivity contribution in [1.29, 1.82) is 0 Å². The zero-order valence-corrected chi connectivity index (χ0v) is 13.6. The molecule has 0 amide bonds. The number of ether oxygens (including phenoxy) is 1. The molecule has 1 fully saturated rings. The van der Waals surface area contributed by atoms with Crippen LogP contribution in [0, 0.1) is 0 Å². The minimum absolute atomic E-state index is 0.718. The first kappa shape index (κ1) is 14.6. The average Bonchev–Trinajstić information content (AvgIpc) is 3.18. The van der Waals surface area contributed by atoms with Gasteiger partial charge in [-0.05, 0) is 43.0 Å². The van der Waals surface area contributed by atoms with Gasteiger partial charge >= 0.3 is 0 Å². The van der Waals surface area contributed by atoms with Crippen molar-refractivity contribution in [2.75, 3.05) is 6.61 Å². The van der Waals surface area contributed by atoms with E-state index in [0.717, 1.165) is 42.4 Å². The number of aryl methyl sites for hydroxylation is 1. The molecule has 3 rings (SSSR count). The van der Waals surface area contributed by atoms with E-state index in [0.29, 0.717) is 0 Å². The van der Waals surface area contributed by atoms with Gasteiger partial charge in [0.25, 0.3) is 0 Å². The molecule has 1 aromatic heterocycles. The largest absolute Gasteiger partial charge is 0.494 e. The first-order valence-electron chi connectivity index (χ1n) is 7.41. The van der Waals surface area contributed by atoms with Gasteiger partial charge in [-0.2, -0.15) is 0 Å². The lowest BCUT2D eigenvalue weighted by atomic mass is 10.2. The van der Waals surface area contributed by atoms with Crippen LogP contribution in [0.2, 0.25) is 0 Å². The second-order valence-corrected chi connectivity index (χ2v) is 6.27. The van der Waals surface area contributed by atoms with E-state index in [4.69, 9.17) is 4.74 Å². The van der Waals surface area contributed by atoms with Gasteiger partial charge in [0.15, 0.2) is 0 Å². The van der Waals surface area contributed by atoms with Gasteiger partial charge in [-0.15, -0.1) is 0 Å². The lowest BCUT2D eigenvalue weighted by molar-refractivity contribution is 0.301. The Kier molecular flexibility index (Phi) is 4.93. The number of hydrogen-bond donors (Lipinski definition) is 1. The van der Waals surface area contributed by atoms with Crippen LogP contribution in [0.15, 0.2) is 41.4 Å². The molecule has 21 heavy (non-hydrogen) atoms.